The van der Waals surface area contributed by atoms with Crippen LogP contribution in [0.15, 0.2) is 42.7 Å². The van der Waals surface area contributed by atoms with Gasteiger partial charge in [-0.05, 0) is 95.7 Å². The molecule has 4 atom stereocenters. The first kappa shape index (κ1) is 18.5. The van der Waals surface area contributed by atoms with Gasteiger partial charge in [0.15, 0.2) is 0 Å². The van der Waals surface area contributed by atoms with Crippen LogP contribution in [-0.4, -0.2) is 10.9 Å². The van der Waals surface area contributed by atoms with Crippen LogP contribution in [0.5, 0.6) is 0 Å². The number of aromatic nitrogens is 1. The minimum Gasteiger partial charge on any atom is -0.326 e. The average molecular weight is 391 g/mol. The van der Waals surface area contributed by atoms with E-state index in [2.05, 4.69) is 35.4 Å². The van der Waals surface area contributed by atoms with Gasteiger partial charge in [-0.1, -0.05) is 19.1 Å². The Morgan fingerprint density at radius 2 is 2.10 bits per heavy atom. The molecular formula is C25H27FN2O. The predicted octanol–water partition coefficient (Wildman–Crippen LogP) is 5.73. The molecule has 0 bridgehead atoms. The molecule has 1 fully saturated rings. The Hall–Kier alpha value is -2.49. The van der Waals surface area contributed by atoms with Crippen molar-refractivity contribution in [3.8, 4) is 0 Å². The van der Waals surface area contributed by atoms with Crippen molar-refractivity contribution in [1.29, 1.82) is 0 Å². The molecule has 1 saturated carbocycles. The Labute approximate surface area is 171 Å². The second-order valence-electron chi connectivity index (χ2n) is 9.21. The summed E-state index contributed by atoms with van der Waals surface area (Å²) >= 11 is 0. The molecule has 1 aromatic heterocycles. The van der Waals surface area contributed by atoms with Gasteiger partial charge in [-0.2, -0.15) is 0 Å². The molecule has 150 valence electrons. The second kappa shape index (κ2) is 6.79. The maximum atomic E-state index is 13.8. The highest BCUT2D eigenvalue weighted by Gasteiger charge is 2.51. The summed E-state index contributed by atoms with van der Waals surface area (Å²) in [6.07, 6.45) is 11.0. The molecule has 1 aromatic carbocycles. The maximum Gasteiger partial charge on any atom is 0.221 e. The summed E-state index contributed by atoms with van der Waals surface area (Å²) in [6, 6.07) is 8.09. The van der Waals surface area contributed by atoms with Crippen LogP contribution in [0.3, 0.4) is 0 Å². The summed E-state index contributed by atoms with van der Waals surface area (Å²) in [5, 5.41) is 2.91. The van der Waals surface area contributed by atoms with E-state index in [1.807, 2.05) is 12.3 Å². The largest absolute Gasteiger partial charge is 0.326 e. The first-order valence-corrected chi connectivity index (χ1v) is 10.7. The number of hydrogen-bond acceptors (Lipinski definition) is 2. The molecular weight excluding hydrogens is 363 g/mol. The topological polar surface area (TPSA) is 42.0 Å². The summed E-state index contributed by atoms with van der Waals surface area (Å²) in [5.41, 5.74) is 6.10. The van der Waals surface area contributed by atoms with Crippen molar-refractivity contribution in [2.75, 3.05) is 5.32 Å². The van der Waals surface area contributed by atoms with Crippen molar-refractivity contribution in [1.82, 2.24) is 4.98 Å². The van der Waals surface area contributed by atoms with Crippen molar-refractivity contribution in [3.05, 3.63) is 65.2 Å². The number of rotatable bonds is 2. The van der Waals surface area contributed by atoms with E-state index in [-0.39, 0.29) is 17.1 Å². The van der Waals surface area contributed by atoms with Crippen LogP contribution in [0.2, 0.25) is 0 Å². The number of aryl methyl sites for hydroxylation is 1. The van der Waals surface area contributed by atoms with Gasteiger partial charge in [-0.15, -0.1) is 0 Å². The molecule has 3 aliphatic rings. The molecule has 0 aliphatic heterocycles. The Bertz CT molecular complexity index is 1010. The summed E-state index contributed by atoms with van der Waals surface area (Å²) in [5.74, 6) is 1.56. The number of pyridine rings is 1. The summed E-state index contributed by atoms with van der Waals surface area (Å²) < 4.78 is 13.8. The molecule has 1 N–H and O–H groups in total. The highest BCUT2D eigenvalue weighted by atomic mass is 19.1. The number of benzene rings is 1. The molecule has 1 amide bonds. The number of allylic oxidation sites excluding steroid dienone is 2. The molecule has 0 spiro atoms. The molecule has 29 heavy (non-hydrogen) atoms. The third kappa shape index (κ3) is 3.00. The van der Waals surface area contributed by atoms with Crippen molar-refractivity contribution in [2.45, 2.75) is 51.9 Å². The Morgan fingerprint density at radius 3 is 2.90 bits per heavy atom. The van der Waals surface area contributed by atoms with Gasteiger partial charge in [0.05, 0.1) is 6.20 Å². The van der Waals surface area contributed by atoms with E-state index in [0.717, 1.165) is 36.9 Å². The van der Waals surface area contributed by atoms with E-state index < -0.39 is 0 Å². The van der Waals surface area contributed by atoms with Crippen molar-refractivity contribution in [3.63, 3.8) is 0 Å². The molecule has 3 unspecified atom stereocenters. The molecule has 3 aliphatic carbocycles. The Kier molecular flexibility index (Phi) is 4.34. The average Bonchev–Trinajstić information content (AvgIpc) is 3.04. The number of halogens is 1. The van der Waals surface area contributed by atoms with Crippen molar-refractivity contribution in [2.24, 2.45) is 17.3 Å². The van der Waals surface area contributed by atoms with Crippen LogP contribution in [0, 0.1) is 23.1 Å². The van der Waals surface area contributed by atoms with Crippen LogP contribution >= 0.6 is 0 Å². The first-order chi connectivity index (χ1) is 14.0. The van der Waals surface area contributed by atoms with Gasteiger partial charge in [0.25, 0.3) is 0 Å². The van der Waals surface area contributed by atoms with Gasteiger partial charge in [0.1, 0.15) is 5.82 Å². The molecule has 2 aromatic rings. The lowest BCUT2D eigenvalue weighted by Gasteiger charge is -2.50. The highest BCUT2D eigenvalue weighted by Crippen LogP contribution is 2.63. The summed E-state index contributed by atoms with van der Waals surface area (Å²) in [4.78, 5) is 15.5. The van der Waals surface area contributed by atoms with Crippen LogP contribution in [0.1, 0.15) is 62.1 Å². The van der Waals surface area contributed by atoms with Crippen LogP contribution < -0.4 is 5.32 Å². The Balaban J connectivity index is 1.43. The van der Waals surface area contributed by atoms with Crippen LogP contribution in [0.25, 0.3) is 5.57 Å². The SMILES string of the molecule is CC(=O)Nc1ccc2c(c1)CCC1C2CC[C@]2(C)C(c3cncc(F)c3)=CCC12. The number of hydrogen-bond donors (Lipinski definition) is 1. The molecule has 1 heterocycles. The van der Waals surface area contributed by atoms with Crippen molar-refractivity contribution >= 4 is 17.2 Å². The summed E-state index contributed by atoms with van der Waals surface area (Å²) in [6.45, 7) is 3.93. The van der Waals surface area contributed by atoms with E-state index in [9.17, 15) is 9.18 Å². The van der Waals surface area contributed by atoms with Gasteiger partial charge in [0.2, 0.25) is 5.91 Å². The molecule has 0 radical (unpaired) electrons. The van der Waals surface area contributed by atoms with Gasteiger partial charge in [-0.25, -0.2) is 4.39 Å². The van der Waals surface area contributed by atoms with Gasteiger partial charge in [-0.3, -0.25) is 9.78 Å². The molecule has 3 nitrogen and oxygen atoms in total. The number of anilines is 1. The minimum atomic E-state index is -0.259. The predicted molar refractivity (Wildman–Crippen MR) is 113 cm³/mol. The third-order valence-corrected chi connectivity index (χ3v) is 7.64. The lowest BCUT2D eigenvalue weighted by atomic mass is 9.54. The van der Waals surface area contributed by atoms with E-state index >= 15 is 0 Å². The zero-order valence-corrected chi connectivity index (χ0v) is 17.0. The lowest BCUT2D eigenvalue weighted by molar-refractivity contribution is -0.114. The van der Waals surface area contributed by atoms with E-state index in [1.54, 1.807) is 13.0 Å². The van der Waals surface area contributed by atoms with E-state index in [1.165, 1.54) is 29.3 Å². The molecule has 5 rings (SSSR count). The number of carbonyl (C=O) groups is 1. The van der Waals surface area contributed by atoms with E-state index in [0.29, 0.717) is 17.8 Å². The number of amides is 1. The number of nitrogens with zero attached hydrogens (tertiary/aromatic N) is 1. The van der Waals surface area contributed by atoms with Crippen LogP contribution in [0.4, 0.5) is 10.1 Å². The maximum absolute atomic E-state index is 13.8. The van der Waals surface area contributed by atoms with E-state index in [4.69, 9.17) is 0 Å². The fourth-order valence-electron chi connectivity index (χ4n) is 6.44. The standard InChI is InChI=1S/C25H27FN2O/c1-15(29)28-19-4-6-20-16(12-19)3-5-22-21(20)9-10-25(2)23(7-8-24(22)25)17-11-18(26)14-27-13-17/h4,6-7,11-14,21-22,24H,3,5,8-10H2,1-2H3,(H,28,29)/t21?,22?,24?,25-/m1/s1. The summed E-state index contributed by atoms with van der Waals surface area (Å²) in [7, 11) is 0. The number of fused-ring (bicyclic) bond motifs is 5. The normalized spacial score (nSPS) is 30.0. The van der Waals surface area contributed by atoms with Crippen LogP contribution in [-0.2, 0) is 11.2 Å². The highest BCUT2D eigenvalue weighted by molar-refractivity contribution is 5.88. The molecule has 0 saturated heterocycles. The monoisotopic (exact) mass is 390 g/mol. The van der Waals surface area contributed by atoms with Crippen molar-refractivity contribution < 1.29 is 9.18 Å². The fraction of sp³-hybridized carbons (Fsp3) is 0.440. The third-order valence-electron chi connectivity index (χ3n) is 7.64. The quantitative estimate of drug-likeness (QED) is 0.712. The van der Waals surface area contributed by atoms with Gasteiger partial charge >= 0.3 is 0 Å². The minimum absolute atomic E-state index is 0.0246. The lowest BCUT2D eigenvalue weighted by Crippen LogP contribution is -2.40. The number of carbonyl (C=O) groups excluding carboxylic acids is 1. The Morgan fingerprint density at radius 1 is 1.24 bits per heavy atom. The smallest absolute Gasteiger partial charge is 0.221 e. The second-order valence-corrected chi connectivity index (χ2v) is 9.21. The number of nitrogens with one attached hydrogen (secondary N) is 1. The molecule has 4 heteroatoms. The zero-order valence-electron chi connectivity index (χ0n) is 17.0. The van der Waals surface area contributed by atoms with Gasteiger partial charge in [0, 0.05) is 18.8 Å². The fourth-order valence-corrected chi connectivity index (χ4v) is 6.44. The zero-order chi connectivity index (χ0) is 20.2. The first-order valence-electron chi connectivity index (χ1n) is 10.7. The van der Waals surface area contributed by atoms with Gasteiger partial charge < -0.3 is 5.32 Å².